The van der Waals surface area contributed by atoms with Crippen molar-refractivity contribution in [1.82, 2.24) is 4.90 Å². The van der Waals surface area contributed by atoms with Crippen molar-refractivity contribution in [3.8, 4) is 11.5 Å². The lowest BCUT2D eigenvalue weighted by Gasteiger charge is -2.25. The molecule has 0 unspecified atom stereocenters. The highest BCUT2D eigenvalue weighted by atomic mass is 32.2. The molecule has 0 N–H and O–H groups in total. The number of methoxy groups -OCH3 is 2. The van der Waals surface area contributed by atoms with E-state index in [-0.39, 0.29) is 11.1 Å². The molecule has 1 aliphatic carbocycles. The fourth-order valence-corrected chi connectivity index (χ4v) is 4.23. The van der Waals surface area contributed by atoms with E-state index in [0.29, 0.717) is 28.9 Å². The second-order valence-electron chi connectivity index (χ2n) is 6.41. The van der Waals surface area contributed by atoms with Gasteiger partial charge in [-0.05, 0) is 54.3 Å². The fourth-order valence-electron chi connectivity index (χ4n) is 3.38. The molecule has 1 aliphatic heterocycles. The smallest absolute Gasteiger partial charge is 0.293 e. The average molecular weight is 361 g/mol. The van der Waals surface area contributed by atoms with Gasteiger partial charge >= 0.3 is 0 Å². The van der Waals surface area contributed by atoms with Crippen LogP contribution in [-0.2, 0) is 4.79 Å². The summed E-state index contributed by atoms with van der Waals surface area (Å²) in [6.45, 7) is 0.550. The zero-order valence-electron chi connectivity index (χ0n) is 14.6. The Morgan fingerprint density at radius 2 is 1.84 bits per heavy atom. The van der Waals surface area contributed by atoms with Gasteiger partial charge in [0.1, 0.15) is 0 Å². The summed E-state index contributed by atoms with van der Waals surface area (Å²) in [5, 5.41) is -0.165. The number of benzene rings is 1. The van der Waals surface area contributed by atoms with E-state index >= 15 is 0 Å². The van der Waals surface area contributed by atoms with Gasteiger partial charge in [0.2, 0.25) is 0 Å². The first kappa shape index (κ1) is 17.9. The summed E-state index contributed by atoms with van der Waals surface area (Å²) in [4.78, 5) is 26.8. The Kier molecular flexibility index (Phi) is 5.68. The normalized spacial score (nSPS) is 20.4. The minimum atomic E-state index is -0.185. The third-order valence-corrected chi connectivity index (χ3v) is 5.65. The zero-order chi connectivity index (χ0) is 17.8. The lowest BCUT2D eigenvalue weighted by atomic mass is 9.89. The second kappa shape index (κ2) is 7.95. The topological polar surface area (TPSA) is 55.8 Å². The van der Waals surface area contributed by atoms with E-state index in [1.54, 1.807) is 32.4 Å². The molecule has 6 heteroatoms. The van der Waals surface area contributed by atoms with Crippen molar-refractivity contribution in [1.29, 1.82) is 0 Å². The van der Waals surface area contributed by atoms with Gasteiger partial charge in [-0.2, -0.15) is 0 Å². The number of carbonyl (C=O) groups is 2. The molecule has 2 fully saturated rings. The van der Waals surface area contributed by atoms with Gasteiger partial charge in [-0.3, -0.25) is 14.5 Å². The molecule has 5 nitrogen and oxygen atoms in total. The Morgan fingerprint density at radius 1 is 1.12 bits per heavy atom. The van der Waals surface area contributed by atoms with Crippen molar-refractivity contribution in [2.75, 3.05) is 20.8 Å². The van der Waals surface area contributed by atoms with Gasteiger partial charge in [-0.25, -0.2) is 0 Å². The molecule has 1 aromatic rings. The molecule has 2 aliphatic rings. The van der Waals surface area contributed by atoms with E-state index < -0.39 is 0 Å². The molecule has 0 spiro atoms. The SMILES string of the molecule is COc1ccc(C=C2SC(=O)N(CC3CCCCC3)C2=O)cc1OC. The molecule has 3 rings (SSSR count). The predicted molar refractivity (Wildman–Crippen MR) is 98.8 cm³/mol. The molecule has 1 saturated carbocycles. The maximum Gasteiger partial charge on any atom is 0.293 e. The second-order valence-corrected chi connectivity index (χ2v) is 7.40. The largest absolute Gasteiger partial charge is 0.493 e. The van der Waals surface area contributed by atoms with Crippen LogP contribution in [0.3, 0.4) is 0 Å². The van der Waals surface area contributed by atoms with E-state index in [1.165, 1.54) is 24.2 Å². The first-order valence-electron chi connectivity index (χ1n) is 8.59. The molecule has 134 valence electrons. The van der Waals surface area contributed by atoms with Crippen LogP contribution in [0.2, 0.25) is 0 Å². The van der Waals surface area contributed by atoms with Crippen LogP contribution in [0.25, 0.3) is 6.08 Å². The van der Waals surface area contributed by atoms with Crippen molar-refractivity contribution >= 4 is 29.0 Å². The van der Waals surface area contributed by atoms with Crippen LogP contribution in [0.5, 0.6) is 11.5 Å². The van der Waals surface area contributed by atoms with Crippen molar-refractivity contribution in [3.63, 3.8) is 0 Å². The standard InChI is InChI=1S/C19H23NO4S/c1-23-15-9-8-14(10-16(15)24-2)11-17-18(21)20(19(22)25-17)12-13-6-4-3-5-7-13/h8-11,13H,3-7,12H2,1-2H3. The van der Waals surface area contributed by atoms with E-state index in [4.69, 9.17) is 9.47 Å². The highest BCUT2D eigenvalue weighted by Crippen LogP contribution is 2.36. The maximum absolute atomic E-state index is 12.6. The lowest BCUT2D eigenvalue weighted by molar-refractivity contribution is -0.123. The van der Waals surface area contributed by atoms with E-state index in [0.717, 1.165) is 30.2 Å². The average Bonchev–Trinajstić information content (AvgIpc) is 2.90. The number of hydrogen-bond donors (Lipinski definition) is 0. The van der Waals surface area contributed by atoms with Gasteiger partial charge in [0, 0.05) is 6.54 Å². The third kappa shape index (κ3) is 4.00. The first-order chi connectivity index (χ1) is 12.1. The highest BCUT2D eigenvalue weighted by molar-refractivity contribution is 8.18. The number of hydrogen-bond acceptors (Lipinski definition) is 5. The number of imide groups is 1. The molecule has 0 bridgehead atoms. The van der Waals surface area contributed by atoms with Crippen LogP contribution >= 0.6 is 11.8 Å². The van der Waals surface area contributed by atoms with Crippen molar-refractivity contribution in [3.05, 3.63) is 28.7 Å². The van der Waals surface area contributed by atoms with Gasteiger partial charge in [-0.15, -0.1) is 0 Å². The minimum Gasteiger partial charge on any atom is -0.493 e. The van der Waals surface area contributed by atoms with Crippen molar-refractivity contribution in [2.45, 2.75) is 32.1 Å². The molecule has 1 aromatic carbocycles. The molecule has 2 amide bonds. The molecular formula is C19H23NO4S. The van der Waals surface area contributed by atoms with Crippen LogP contribution in [0.4, 0.5) is 4.79 Å². The number of rotatable bonds is 5. The molecule has 1 heterocycles. The zero-order valence-corrected chi connectivity index (χ0v) is 15.4. The molecule has 0 radical (unpaired) electrons. The Balaban J connectivity index is 1.75. The summed E-state index contributed by atoms with van der Waals surface area (Å²) in [5.41, 5.74) is 0.806. The van der Waals surface area contributed by atoms with Gasteiger partial charge in [0.25, 0.3) is 11.1 Å². The number of amides is 2. The van der Waals surface area contributed by atoms with Gasteiger partial charge in [0.05, 0.1) is 19.1 Å². The van der Waals surface area contributed by atoms with E-state index in [2.05, 4.69) is 0 Å². The van der Waals surface area contributed by atoms with Crippen molar-refractivity contribution < 1.29 is 19.1 Å². The van der Waals surface area contributed by atoms with Gasteiger partial charge in [-0.1, -0.05) is 25.3 Å². The third-order valence-electron chi connectivity index (χ3n) is 4.74. The summed E-state index contributed by atoms with van der Waals surface area (Å²) in [6.07, 6.45) is 7.61. The summed E-state index contributed by atoms with van der Waals surface area (Å²) < 4.78 is 10.5. The Labute approximate surface area is 152 Å². The fraction of sp³-hybridized carbons (Fsp3) is 0.474. The molecular weight excluding hydrogens is 338 g/mol. The summed E-state index contributed by atoms with van der Waals surface area (Å²) in [7, 11) is 3.15. The van der Waals surface area contributed by atoms with E-state index in [1.807, 2.05) is 6.07 Å². The Hall–Kier alpha value is -1.95. The van der Waals surface area contributed by atoms with Gasteiger partial charge < -0.3 is 9.47 Å². The first-order valence-corrected chi connectivity index (χ1v) is 9.41. The molecule has 0 atom stereocenters. The highest BCUT2D eigenvalue weighted by Gasteiger charge is 2.36. The van der Waals surface area contributed by atoms with Crippen LogP contribution in [0.15, 0.2) is 23.1 Å². The Morgan fingerprint density at radius 3 is 2.52 bits per heavy atom. The monoisotopic (exact) mass is 361 g/mol. The molecule has 0 aromatic heterocycles. The van der Waals surface area contributed by atoms with E-state index in [9.17, 15) is 9.59 Å². The van der Waals surface area contributed by atoms with Crippen LogP contribution < -0.4 is 9.47 Å². The summed E-state index contributed by atoms with van der Waals surface area (Å²) in [6, 6.07) is 5.43. The number of thioether (sulfide) groups is 1. The number of nitrogens with zero attached hydrogens (tertiary/aromatic N) is 1. The molecule has 25 heavy (non-hydrogen) atoms. The number of carbonyl (C=O) groups excluding carboxylic acids is 2. The summed E-state index contributed by atoms with van der Waals surface area (Å²) >= 11 is 1.02. The van der Waals surface area contributed by atoms with Crippen LogP contribution in [0, 0.1) is 5.92 Å². The summed E-state index contributed by atoms with van der Waals surface area (Å²) in [5.74, 6) is 1.49. The van der Waals surface area contributed by atoms with Crippen LogP contribution in [0.1, 0.15) is 37.7 Å². The van der Waals surface area contributed by atoms with Crippen molar-refractivity contribution in [2.24, 2.45) is 5.92 Å². The van der Waals surface area contributed by atoms with Gasteiger partial charge in [0.15, 0.2) is 11.5 Å². The number of ether oxygens (including phenoxy) is 2. The maximum atomic E-state index is 12.6. The Bertz CT molecular complexity index is 695. The minimum absolute atomic E-state index is 0.165. The van der Waals surface area contributed by atoms with Crippen LogP contribution in [-0.4, -0.2) is 36.8 Å². The lowest BCUT2D eigenvalue weighted by Crippen LogP contribution is -2.34. The predicted octanol–water partition coefficient (Wildman–Crippen LogP) is 4.32. The quantitative estimate of drug-likeness (QED) is 0.731. The molecule has 1 saturated heterocycles.